The molecule has 1 fully saturated rings. The van der Waals surface area contributed by atoms with Gasteiger partial charge in [-0.25, -0.2) is 4.39 Å². The van der Waals surface area contributed by atoms with Crippen molar-refractivity contribution in [2.45, 2.75) is 46.1 Å². The summed E-state index contributed by atoms with van der Waals surface area (Å²) in [6.45, 7) is 6.57. The number of amides is 1. The van der Waals surface area contributed by atoms with Gasteiger partial charge in [0.1, 0.15) is 17.3 Å². The number of aliphatic hydroxyl groups is 1. The zero-order chi connectivity index (χ0) is 22.5. The maximum Gasteiger partial charge on any atom is 0.295 e. The molecule has 6 heteroatoms. The van der Waals surface area contributed by atoms with Gasteiger partial charge >= 0.3 is 0 Å². The molecule has 31 heavy (non-hydrogen) atoms. The zero-order valence-electron chi connectivity index (χ0n) is 18.2. The second kappa shape index (κ2) is 9.77. The van der Waals surface area contributed by atoms with E-state index in [0.29, 0.717) is 30.9 Å². The van der Waals surface area contributed by atoms with Crippen molar-refractivity contribution in [3.05, 3.63) is 70.5 Å². The molecule has 0 bridgehead atoms. The predicted octanol–water partition coefficient (Wildman–Crippen LogP) is 5.14. The number of hydrogen-bond acceptors (Lipinski definition) is 4. The van der Waals surface area contributed by atoms with E-state index >= 15 is 0 Å². The number of ketones is 1. The first kappa shape index (κ1) is 22.5. The Labute approximate surface area is 182 Å². The highest BCUT2D eigenvalue weighted by molar-refractivity contribution is 6.46. The van der Waals surface area contributed by atoms with Crippen molar-refractivity contribution in [2.75, 3.05) is 13.2 Å². The SMILES string of the molecule is CCCCCN1C(=O)C(=O)/C(=C(/O)c2ccc(OCC)c(C)c2)C1c1ccccc1F. The number of halogens is 1. The quantitative estimate of drug-likeness (QED) is 0.275. The lowest BCUT2D eigenvalue weighted by Crippen LogP contribution is -2.31. The Balaban J connectivity index is 2.13. The average Bonchev–Trinajstić information content (AvgIpc) is 3.00. The number of carbonyl (C=O) groups is 2. The van der Waals surface area contributed by atoms with Crippen molar-refractivity contribution >= 4 is 17.4 Å². The van der Waals surface area contributed by atoms with Crippen molar-refractivity contribution < 1.29 is 23.8 Å². The van der Waals surface area contributed by atoms with Gasteiger partial charge in [0.15, 0.2) is 0 Å². The molecule has 1 atom stereocenters. The predicted molar refractivity (Wildman–Crippen MR) is 117 cm³/mol. The second-order valence-electron chi connectivity index (χ2n) is 7.63. The third kappa shape index (κ3) is 4.48. The summed E-state index contributed by atoms with van der Waals surface area (Å²) in [6, 6.07) is 10.1. The van der Waals surface area contributed by atoms with Gasteiger partial charge in [0.25, 0.3) is 11.7 Å². The number of benzene rings is 2. The minimum absolute atomic E-state index is 0.0878. The number of Topliss-reactive ketones (excluding diaryl/α,β-unsaturated/α-hetero) is 1. The van der Waals surface area contributed by atoms with Crippen LogP contribution in [0, 0.1) is 12.7 Å². The summed E-state index contributed by atoms with van der Waals surface area (Å²) in [5.41, 5.74) is 1.27. The Morgan fingerprint density at radius 3 is 2.52 bits per heavy atom. The normalized spacial score (nSPS) is 17.9. The Hall–Kier alpha value is -3.15. The molecular formula is C25H28FNO4. The summed E-state index contributed by atoms with van der Waals surface area (Å²) in [5, 5.41) is 11.1. The van der Waals surface area contributed by atoms with Gasteiger partial charge < -0.3 is 14.7 Å². The molecule has 3 rings (SSSR count). The van der Waals surface area contributed by atoms with Gasteiger partial charge in [0.2, 0.25) is 0 Å². The molecule has 0 aromatic heterocycles. The standard InChI is InChI=1S/C25H28FNO4/c1-4-6-9-14-27-22(18-10-7-8-11-19(18)26)21(24(29)25(27)30)23(28)17-12-13-20(31-5-2)16(3)15-17/h7-8,10-13,15,22,28H,4-6,9,14H2,1-3H3/b23-21+. The fourth-order valence-corrected chi connectivity index (χ4v) is 3.93. The third-order valence-electron chi connectivity index (χ3n) is 5.49. The largest absolute Gasteiger partial charge is 0.507 e. The van der Waals surface area contributed by atoms with Crippen LogP contribution < -0.4 is 4.74 Å². The lowest BCUT2D eigenvalue weighted by Gasteiger charge is -2.25. The fourth-order valence-electron chi connectivity index (χ4n) is 3.93. The highest BCUT2D eigenvalue weighted by Crippen LogP contribution is 2.40. The number of aliphatic hydroxyl groups excluding tert-OH is 1. The van der Waals surface area contributed by atoms with E-state index in [9.17, 15) is 19.1 Å². The summed E-state index contributed by atoms with van der Waals surface area (Å²) in [7, 11) is 0. The molecule has 1 N–H and O–H groups in total. The van der Waals surface area contributed by atoms with Crippen molar-refractivity contribution in [2.24, 2.45) is 0 Å². The summed E-state index contributed by atoms with van der Waals surface area (Å²) >= 11 is 0. The van der Waals surface area contributed by atoms with E-state index in [-0.39, 0.29) is 16.9 Å². The van der Waals surface area contributed by atoms with E-state index < -0.39 is 23.5 Å². The molecule has 0 spiro atoms. The van der Waals surface area contributed by atoms with E-state index in [1.54, 1.807) is 36.4 Å². The Morgan fingerprint density at radius 2 is 1.87 bits per heavy atom. The smallest absolute Gasteiger partial charge is 0.295 e. The lowest BCUT2D eigenvalue weighted by molar-refractivity contribution is -0.139. The van der Waals surface area contributed by atoms with Crippen LogP contribution in [0.5, 0.6) is 5.75 Å². The number of nitrogens with zero attached hydrogens (tertiary/aromatic N) is 1. The first-order valence-electron chi connectivity index (χ1n) is 10.7. The molecule has 1 heterocycles. The minimum Gasteiger partial charge on any atom is -0.507 e. The molecule has 1 amide bonds. The Bertz CT molecular complexity index is 1010. The molecule has 2 aromatic carbocycles. The molecule has 2 aromatic rings. The van der Waals surface area contributed by atoms with Gasteiger partial charge in [0.05, 0.1) is 18.2 Å². The maximum absolute atomic E-state index is 14.7. The number of hydrogen-bond donors (Lipinski definition) is 1. The summed E-state index contributed by atoms with van der Waals surface area (Å²) < 4.78 is 20.3. The molecule has 1 aliphatic heterocycles. The summed E-state index contributed by atoms with van der Waals surface area (Å²) in [6.07, 6.45) is 2.52. The zero-order valence-corrected chi connectivity index (χ0v) is 18.2. The van der Waals surface area contributed by atoms with Crippen molar-refractivity contribution in [1.29, 1.82) is 0 Å². The molecule has 0 radical (unpaired) electrons. The number of likely N-dealkylation sites (tertiary alicyclic amines) is 1. The topological polar surface area (TPSA) is 66.8 Å². The minimum atomic E-state index is -0.968. The monoisotopic (exact) mass is 425 g/mol. The highest BCUT2D eigenvalue weighted by Gasteiger charge is 2.46. The van der Waals surface area contributed by atoms with Crippen LogP contribution in [0.15, 0.2) is 48.0 Å². The van der Waals surface area contributed by atoms with E-state index in [1.165, 1.54) is 11.0 Å². The molecule has 5 nitrogen and oxygen atoms in total. The van der Waals surface area contributed by atoms with Crippen LogP contribution in [0.2, 0.25) is 0 Å². The molecule has 1 unspecified atom stereocenters. The van der Waals surface area contributed by atoms with Crippen LogP contribution in [0.3, 0.4) is 0 Å². The fraction of sp³-hybridized carbons (Fsp3) is 0.360. The lowest BCUT2D eigenvalue weighted by atomic mass is 9.94. The number of aryl methyl sites for hydroxylation is 1. The highest BCUT2D eigenvalue weighted by atomic mass is 19.1. The van der Waals surface area contributed by atoms with Crippen LogP contribution in [0.25, 0.3) is 5.76 Å². The first-order valence-corrected chi connectivity index (χ1v) is 10.7. The number of carbonyl (C=O) groups excluding carboxylic acids is 2. The molecule has 1 aliphatic rings. The van der Waals surface area contributed by atoms with Crippen LogP contribution in [0.4, 0.5) is 4.39 Å². The molecule has 164 valence electrons. The second-order valence-corrected chi connectivity index (χ2v) is 7.63. The van der Waals surface area contributed by atoms with Gasteiger partial charge in [-0.3, -0.25) is 9.59 Å². The van der Waals surface area contributed by atoms with Crippen molar-refractivity contribution in [1.82, 2.24) is 4.90 Å². The molecule has 0 saturated carbocycles. The van der Waals surface area contributed by atoms with E-state index in [2.05, 4.69) is 0 Å². The van der Waals surface area contributed by atoms with Gasteiger partial charge in [-0.1, -0.05) is 38.0 Å². The summed E-state index contributed by atoms with van der Waals surface area (Å²) in [5.74, 6) is -1.67. The molecular weight excluding hydrogens is 397 g/mol. The number of unbranched alkanes of at least 4 members (excludes halogenated alkanes) is 2. The van der Waals surface area contributed by atoms with Crippen LogP contribution in [-0.4, -0.2) is 34.8 Å². The van der Waals surface area contributed by atoms with Gasteiger partial charge in [-0.05, 0) is 50.1 Å². The number of rotatable bonds is 8. The van der Waals surface area contributed by atoms with Crippen molar-refractivity contribution in [3.63, 3.8) is 0 Å². The van der Waals surface area contributed by atoms with E-state index in [1.807, 2.05) is 20.8 Å². The first-order chi connectivity index (χ1) is 14.9. The third-order valence-corrected chi connectivity index (χ3v) is 5.49. The average molecular weight is 426 g/mol. The van der Waals surface area contributed by atoms with Crippen molar-refractivity contribution in [3.8, 4) is 5.75 Å². The maximum atomic E-state index is 14.7. The Kier molecular flexibility index (Phi) is 7.10. The van der Waals surface area contributed by atoms with Gasteiger partial charge in [0, 0.05) is 17.7 Å². The molecule has 0 aliphatic carbocycles. The molecule has 1 saturated heterocycles. The number of ether oxygens (including phenoxy) is 1. The summed E-state index contributed by atoms with van der Waals surface area (Å²) in [4.78, 5) is 27.2. The van der Waals surface area contributed by atoms with Gasteiger partial charge in [-0.2, -0.15) is 0 Å². The van der Waals surface area contributed by atoms with E-state index in [0.717, 1.165) is 18.4 Å². The van der Waals surface area contributed by atoms with Crippen LogP contribution in [0.1, 0.15) is 55.8 Å². The van der Waals surface area contributed by atoms with Gasteiger partial charge in [-0.15, -0.1) is 0 Å². The van der Waals surface area contributed by atoms with E-state index in [4.69, 9.17) is 4.74 Å². The van der Waals surface area contributed by atoms with Crippen LogP contribution >= 0.6 is 0 Å². The van der Waals surface area contributed by atoms with Crippen LogP contribution in [-0.2, 0) is 9.59 Å². The Morgan fingerprint density at radius 1 is 1.13 bits per heavy atom.